The Morgan fingerprint density at radius 3 is 2.80 bits per heavy atom. The highest BCUT2D eigenvalue weighted by Gasteiger charge is 2.32. The first kappa shape index (κ1) is 17.3. The van der Waals surface area contributed by atoms with Crippen LogP contribution in [0, 0.1) is 11.8 Å². The van der Waals surface area contributed by atoms with Crippen LogP contribution in [-0.2, 0) is 4.79 Å². The van der Waals surface area contributed by atoms with Crippen LogP contribution >= 0.6 is 11.6 Å². The summed E-state index contributed by atoms with van der Waals surface area (Å²) in [4.78, 5) is 25.5. The molecule has 8 heteroatoms. The number of carboxylic acids is 1. The van der Waals surface area contributed by atoms with Gasteiger partial charge in [-0.1, -0.05) is 24.6 Å². The van der Waals surface area contributed by atoms with Gasteiger partial charge in [0.25, 0.3) is 0 Å². The molecule has 1 aliphatic heterocycles. The maximum Gasteiger partial charge on any atom is 0.321 e. The number of rotatable bonds is 3. The number of anilines is 1. The minimum atomic E-state index is -0.871. The predicted octanol–water partition coefficient (Wildman–Crippen LogP) is 3.10. The quantitative estimate of drug-likeness (QED) is 0.878. The Morgan fingerprint density at radius 2 is 2.12 bits per heavy atom. The van der Waals surface area contributed by atoms with E-state index in [1.54, 1.807) is 46.2 Å². The van der Waals surface area contributed by atoms with E-state index in [1.807, 2.05) is 6.92 Å². The molecule has 0 saturated carbocycles. The van der Waals surface area contributed by atoms with Gasteiger partial charge in [-0.25, -0.2) is 9.48 Å². The number of likely N-dealkylation sites (tertiary alicyclic amines) is 1. The summed E-state index contributed by atoms with van der Waals surface area (Å²) in [7, 11) is 0. The molecular weight excluding hydrogens is 344 g/mol. The maximum absolute atomic E-state index is 12.7. The Bertz CT molecular complexity index is 778. The van der Waals surface area contributed by atoms with E-state index in [9.17, 15) is 14.7 Å². The van der Waals surface area contributed by atoms with E-state index in [1.165, 1.54) is 0 Å². The fourth-order valence-corrected chi connectivity index (χ4v) is 3.40. The molecule has 1 saturated heterocycles. The average molecular weight is 363 g/mol. The second kappa shape index (κ2) is 7.14. The largest absolute Gasteiger partial charge is 0.481 e. The van der Waals surface area contributed by atoms with Gasteiger partial charge >= 0.3 is 12.0 Å². The summed E-state index contributed by atoms with van der Waals surface area (Å²) in [6, 6.07) is 6.62. The number of para-hydroxylation sites is 1. The predicted molar refractivity (Wildman–Crippen MR) is 94.1 cm³/mol. The van der Waals surface area contributed by atoms with Gasteiger partial charge in [0.15, 0.2) is 0 Å². The minimum Gasteiger partial charge on any atom is -0.481 e. The van der Waals surface area contributed by atoms with Crippen molar-refractivity contribution in [2.75, 3.05) is 18.4 Å². The number of aliphatic carboxylic acids is 1. The molecule has 2 aromatic rings. The number of halogens is 1. The highest BCUT2D eigenvalue weighted by atomic mass is 35.5. The lowest BCUT2D eigenvalue weighted by molar-refractivity contribution is -0.143. The number of amides is 2. The van der Waals surface area contributed by atoms with Crippen molar-refractivity contribution in [3.8, 4) is 5.69 Å². The first-order valence-corrected chi connectivity index (χ1v) is 8.40. The van der Waals surface area contributed by atoms with E-state index >= 15 is 0 Å². The van der Waals surface area contributed by atoms with Crippen LogP contribution in [0.25, 0.3) is 5.69 Å². The third-order valence-corrected chi connectivity index (χ3v) is 4.56. The molecule has 3 rings (SSSR count). The normalized spacial score (nSPS) is 20.3. The zero-order chi connectivity index (χ0) is 18.0. The third kappa shape index (κ3) is 3.76. The molecule has 1 aromatic carbocycles. The van der Waals surface area contributed by atoms with Crippen molar-refractivity contribution in [1.29, 1.82) is 0 Å². The minimum absolute atomic E-state index is 0.130. The Morgan fingerprint density at radius 1 is 1.32 bits per heavy atom. The number of carboxylic acid groups (broad SMARTS) is 1. The lowest BCUT2D eigenvalue weighted by Gasteiger charge is -2.34. The van der Waals surface area contributed by atoms with Crippen molar-refractivity contribution in [1.82, 2.24) is 14.7 Å². The van der Waals surface area contributed by atoms with Crippen molar-refractivity contribution in [3.05, 3.63) is 41.7 Å². The van der Waals surface area contributed by atoms with Gasteiger partial charge in [-0.15, -0.1) is 0 Å². The lowest BCUT2D eigenvalue weighted by Crippen LogP contribution is -2.47. The fourth-order valence-electron chi connectivity index (χ4n) is 3.14. The van der Waals surface area contributed by atoms with E-state index in [4.69, 9.17) is 11.6 Å². The SMILES string of the molecule is CC1CC(C(=O)O)CN(C(=O)Nc2cccc(Cl)c2-n2cccn2)C1. The number of benzene rings is 1. The van der Waals surface area contributed by atoms with Crippen LogP contribution in [0.4, 0.5) is 10.5 Å². The first-order valence-electron chi connectivity index (χ1n) is 8.03. The summed E-state index contributed by atoms with van der Waals surface area (Å²) in [5, 5.41) is 16.7. The molecule has 2 heterocycles. The molecular formula is C17H19ClN4O3. The van der Waals surface area contributed by atoms with Gasteiger partial charge in [0.2, 0.25) is 0 Å². The van der Waals surface area contributed by atoms with Crippen LogP contribution in [0.3, 0.4) is 0 Å². The van der Waals surface area contributed by atoms with Gasteiger partial charge in [0.05, 0.1) is 16.6 Å². The van der Waals surface area contributed by atoms with E-state index < -0.39 is 11.9 Å². The van der Waals surface area contributed by atoms with Crippen molar-refractivity contribution in [2.45, 2.75) is 13.3 Å². The Kier molecular flexibility index (Phi) is 4.94. The highest BCUT2D eigenvalue weighted by Crippen LogP contribution is 2.29. The summed E-state index contributed by atoms with van der Waals surface area (Å²) in [6.07, 6.45) is 3.94. The number of hydrogen-bond donors (Lipinski definition) is 2. The van der Waals surface area contributed by atoms with Crippen molar-refractivity contribution in [2.24, 2.45) is 11.8 Å². The molecule has 0 spiro atoms. The van der Waals surface area contributed by atoms with Gasteiger partial charge in [-0.3, -0.25) is 4.79 Å². The highest BCUT2D eigenvalue weighted by molar-refractivity contribution is 6.33. The average Bonchev–Trinajstić information content (AvgIpc) is 3.08. The van der Waals surface area contributed by atoms with Gasteiger partial charge in [0.1, 0.15) is 5.69 Å². The summed E-state index contributed by atoms with van der Waals surface area (Å²) < 4.78 is 1.58. The molecule has 0 aliphatic carbocycles. The van der Waals surface area contributed by atoms with Crippen LogP contribution in [0.2, 0.25) is 5.02 Å². The smallest absolute Gasteiger partial charge is 0.321 e. The zero-order valence-corrected chi connectivity index (χ0v) is 14.5. The second-order valence-electron chi connectivity index (χ2n) is 6.30. The van der Waals surface area contributed by atoms with Gasteiger partial charge in [-0.2, -0.15) is 5.10 Å². The Labute approximate surface area is 150 Å². The van der Waals surface area contributed by atoms with Crippen LogP contribution < -0.4 is 5.32 Å². The topological polar surface area (TPSA) is 87.5 Å². The number of nitrogens with zero attached hydrogens (tertiary/aromatic N) is 3. The number of piperidine rings is 1. The summed E-state index contributed by atoms with van der Waals surface area (Å²) >= 11 is 6.27. The number of urea groups is 1. The maximum atomic E-state index is 12.7. The van der Waals surface area contributed by atoms with Gasteiger partial charge in [-0.05, 0) is 30.5 Å². The van der Waals surface area contributed by atoms with E-state index in [0.29, 0.717) is 29.4 Å². The van der Waals surface area contributed by atoms with E-state index in [2.05, 4.69) is 10.4 Å². The van der Waals surface area contributed by atoms with E-state index in [-0.39, 0.29) is 18.5 Å². The summed E-state index contributed by atoms with van der Waals surface area (Å²) in [5.74, 6) is -1.28. The van der Waals surface area contributed by atoms with Crippen LogP contribution in [0.1, 0.15) is 13.3 Å². The van der Waals surface area contributed by atoms with Crippen LogP contribution in [-0.4, -0.2) is 44.9 Å². The molecule has 2 amide bonds. The molecule has 1 fully saturated rings. The fraction of sp³-hybridized carbons (Fsp3) is 0.353. The first-order chi connectivity index (χ1) is 12.0. The van der Waals surface area contributed by atoms with Crippen LogP contribution in [0.5, 0.6) is 0 Å². The van der Waals surface area contributed by atoms with Crippen molar-refractivity contribution < 1.29 is 14.7 Å². The second-order valence-corrected chi connectivity index (χ2v) is 6.71. The van der Waals surface area contributed by atoms with Crippen molar-refractivity contribution in [3.63, 3.8) is 0 Å². The molecule has 7 nitrogen and oxygen atoms in total. The lowest BCUT2D eigenvalue weighted by atomic mass is 9.91. The molecule has 25 heavy (non-hydrogen) atoms. The number of carbonyl (C=O) groups excluding carboxylic acids is 1. The molecule has 2 atom stereocenters. The van der Waals surface area contributed by atoms with Gasteiger partial charge in [0, 0.05) is 25.5 Å². The molecule has 0 bridgehead atoms. The third-order valence-electron chi connectivity index (χ3n) is 4.26. The standard InChI is InChI=1S/C17H19ClN4O3/c1-11-8-12(16(23)24)10-21(9-11)17(25)20-14-5-2-4-13(18)15(14)22-7-3-6-19-22/h2-7,11-12H,8-10H2,1H3,(H,20,25)(H,23,24). The van der Waals surface area contributed by atoms with Crippen molar-refractivity contribution >= 4 is 29.3 Å². The summed E-state index contributed by atoms with van der Waals surface area (Å²) in [6.45, 7) is 2.67. The monoisotopic (exact) mass is 362 g/mol. The van der Waals surface area contributed by atoms with E-state index in [0.717, 1.165) is 0 Å². The van der Waals surface area contributed by atoms with Crippen LogP contribution in [0.15, 0.2) is 36.7 Å². The Hall–Kier alpha value is -2.54. The number of nitrogens with one attached hydrogen (secondary N) is 1. The number of hydrogen-bond acceptors (Lipinski definition) is 3. The molecule has 1 aliphatic rings. The number of aromatic nitrogens is 2. The zero-order valence-electron chi connectivity index (χ0n) is 13.7. The number of carbonyl (C=O) groups is 2. The molecule has 2 unspecified atom stereocenters. The molecule has 0 radical (unpaired) electrons. The van der Waals surface area contributed by atoms with Gasteiger partial charge < -0.3 is 15.3 Å². The Balaban J connectivity index is 1.82. The molecule has 132 valence electrons. The molecule has 1 aromatic heterocycles. The molecule has 2 N–H and O–H groups in total. The summed E-state index contributed by atoms with van der Waals surface area (Å²) in [5.41, 5.74) is 1.09.